The Balaban J connectivity index is 2.52. The number of aliphatic hydroxyl groups is 7. The highest BCUT2D eigenvalue weighted by Gasteiger charge is 2.53. The molecule has 2 fully saturated rings. The summed E-state index contributed by atoms with van der Waals surface area (Å²) < 4.78 is 5.62. The van der Waals surface area contributed by atoms with Gasteiger partial charge in [-0.05, 0) is 13.8 Å². The molecule has 17 heteroatoms. The summed E-state index contributed by atoms with van der Waals surface area (Å²) in [6.07, 6.45) is -8.20. The molecule has 0 aliphatic carbocycles. The summed E-state index contributed by atoms with van der Waals surface area (Å²) in [5.41, 5.74) is 6.44. The molecule has 0 radical (unpaired) electrons. The van der Waals surface area contributed by atoms with E-state index >= 15 is 0 Å². The van der Waals surface area contributed by atoms with Crippen molar-refractivity contribution < 1.29 is 54.9 Å². The van der Waals surface area contributed by atoms with Crippen molar-refractivity contribution in [2.45, 2.75) is 74.8 Å². The van der Waals surface area contributed by atoms with Crippen molar-refractivity contribution in [3.05, 3.63) is 11.6 Å². The van der Waals surface area contributed by atoms with E-state index in [4.69, 9.17) is 15.9 Å². The van der Waals surface area contributed by atoms with Crippen LogP contribution in [0.3, 0.4) is 0 Å². The minimum absolute atomic E-state index is 0.147. The van der Waals surface area contributed by atoms with Crippen LogP contribution in [0.5, 0.6) is 0 Å². The Hall–Kier alpha value is -2.74. The first-order valence-electron chi connectivity index (χ1n) is 12.6. The van der Waals surface area contributed by atoms with Gasteiger partial charge in [0, 0.05) is 13.1 Å². The molecule has 0 bridgehead atoms. The summed E-state index contributed by atoms with van der Waals surface area (Å²) in [5, 5.41) is 84.1. The predicted octanol–water partition coefficient (Wildman–Crippen LogP) is -6.49. The van der Waals surface area contributed by atoms with Crippen molar-refractivity contribution in [2.75, 3.05) is 32.9 Å². The fourth-order valence-corrected chi connectivity index (χ4v) is 4.33. The highest BCUT2D eigenvalue weighted by molar-refractivity contribution is 5.91. The van der Waals surface area contributed by atoms with Gasteiger partial charge in [0.1, 0.15) is 54.9 Å². The second-order valence-electron chi connectivity index (χ2n) is 9.90. The van der Waals surface area contributed by atoms with Crippen molar-refractivity contribution in [3.63, 3.8) is 0 Å². The Labute approximate surface area is 230 Å². The van der Waals surface area contributed by atoms with Crippen LogP contribution in [0.1, 0.15) is 13.8 Å². The average Bonchev–Trinajstić information content (AvgIpc) is 3.26. The quantitative estimate of drug-likeness (QED) is 0.0718. The number of nitrogens with zero attached hydrogens (tertiary/aromatic N) is 2. The van der Waals surface area contributed by atoms with Crippen molar-refractivity contribution in [1.29, 1.82) is 5.41 Å². The van der Waals surface area contributed by atoms with Gasteiger partial charge in [-0.2, -0.15) is 0 Å². The van der Waals surface area contributed by atoms with Gasteiger partial charge < -0.3 is 71.4 Å². The molecule has 0 aromatic rings. The molecule has 2 heterocycles. The first-order valence-corrected chi connectivity index (χ1v) is 12.6. The van der Waals surface area contributed by atoms with E-state index in [1.807, 2.05) is 13.8 Å². The second kappa shape index (κ2) is 14.8. The Morgan fingerprint density at radius 1 is 1.10 bits per heavy atom. The van der Waals surface area contributed by atoms with Crippen LogP contribution < -0.4 is 16.4 Å². The number of aldehydes is 1. The number of ether oxygens (including phenoxy) is 1. The molecule has 0 aromatic heterocycles. The minimum atomic E-state index is -1.90. The van der Waals surface area contributed by atoms with E-state index in [1.165, 1.54) is 4.90 Å². The summed E-state index contributed by atoms with van der Waals surface area (Å²) in [4.78, 5) is 39.3. The summed E-state index contributed by atoms with van der Waals surface area (Å²) >= 11 is 0. The van der Waals surface area contributed by atoms with Gasteiger partial charge in [-0.15, -0.1) is 0 Å². The van der Waals surface area contributed by atoms with Gasteiger partial charge in [0.25, 0.3) is 0 Å². The van der Waals surface area contributed by atoms with Gasteiger partial charge in [0.05, 0.1) is 25.9 Å². The summed E-state index contributed by atoms with van der Waals surface area (Å²) in [5.74, 6) is -2.47. The third kappa shape index (κ3) is 7.50. The lowest BCUT2D eigenvalue weighted by Gasteiger charge is -2.46. The van der Waals surface area contributed by atoms with E-state index in [2.05, 4.69) is 10.6 Å². The zero-order valence-electron chi connectivity index (χ0n) is 22.2. The number of nitrogens with two attached hydrogens (primary N) is 1. The van der Waals surface area contributed by atoms with E-state index in [1.54, 1.807) is 6.08 Å². The SMILES string of the molecule is CC(C)=CCN1CC(C(O)[C@@H](NC(=O)[C@@H](N)CO)C(=O)N[C@H](C=O)CO)N([C@H]2O[C@H](CO)[C@@H](O)[C@H](O)[C@@H]2O)C1=N. The van der Waals surface area contributed by atoms with Gasteiger partial charge >= 0.3 is 0 Å². The van der Waals surface area contributed by atoms with Crippen molar-refractivity contribution in [1.82, 2.24) is 20.4 Å². The Morgan fingerprint density at radius 3 is 2.27 bits per heavy atom. The van der Waals surface area contributed by atoms with E-state index in [-0.39, 0.29) is 25.3 Å². The molecule has 40 heavy (non-hydrogen) atoms. The maximum Gasteiger partial charge on any atom is 0.246 e. The molecular weight excluding hydrogens is 536 g/mol. The number of hydrogen-bond acceptors (Lipinski definition) is 13. The zero-order valence-corrected chi connectivity index (χ0v) is 22.2. The highest BCUT2D eigenvalue weighted by Crippen LogP contribution is 2.30. The van der Waals surface area contributed by atoms with Gasteiger partial charge in [-0.1, -0.05) is 11.6 Å². The number of aliphatic hydroxyl groups excluding tert-OH is 7. The van der Waals surface area contributed by atoms with Crippen molar-refractivity contribution >= 4 is 24.1 Å². The van der Waals surface area contributed by atoms with Crippen LogP contribution in [0.25, 0.3) is 0 Å². The fourth-order valence-electron chi connectivity index (χ4n) is 4.33. The summed E-state index contributed by atoms with van der Waals surface area (Å²) in [6, 6.07) is -6.03. The molecule has 228 valence electrons. The number of allylic oxidation sites excluding steroid dienone is 1. The third-order valence-electron chi connectivity index (χ3n) is 6.71. The normalized spacial score (nSPS) is 29.8. The number of hydrogen-bond donors (Lipinski definition) is 11. The van der Waals surface area contributed by atoms with Crippen molar-refractivity contribution in [3.8, 4) is 0 Å². The lowest BCUT2D eigenvalue weighted by molar-refractivity contribution is -0.260. The standard InChI is InChI=1S/C23H40N6O11/c1-10(2)3-4-28-5-13(29(23(28)25)22-19(37)18(36)17(35)14(9-33)40-22)16(34)15(27-20(38)12(24)8-32)21(39)26-11(6-30)7-31/h3,6,11-19,22,25,31-37H,4-5,7-9,24H2,1-2H3,(H,26,39)(H,27,38)/t11-,12+,13?,14-,15-,16?,17-,18+,19+,22+/m1/s1. The van der Waals surface area contributed by atoms with Crippen LogP contribution in [0.2, 0.25) is 0 Å². The number of carbonyl (C=O) groups excluding carboxylic acids is 3. The highest BCUT2D eigenvalue weighted by atomic mass is 16.6. The molecule has 2 rings (SSSR count). The molecule has 2 aliphatic rings. The van der Waals surface area contributed by atoms with Crippen molar-refractivity contribution in [2.24, 2.45) is 5.73 Å². The maximum atomic E-state index is 13.1. The molecule has 2 unspecified atom stereocenters. The molecule has 0 aromatic carbocycles. The van der Waals surface area contributed by atoms with E-state index < -0.39 is 92.6 Å². The summed E-state index contributed by atoms with van der Waals surface area (Å²) in [6.45, 7) is 1.26. The van der Waals surface area contributed by atoms with Crippen LogP contribution in [-0.4, -0.2) is 163 Å². The molecule has 2 amide bonds. The second-order valence-corrected chi connectivity index (χ2v) is 9.90. The average molecular weight is 577 g/mol. The molecule has 17 nitrogen and oxygen atoms in total. The van der Waals surface area contributed by atoms with Crippen LogP contribution in [-0.2, 0) is 19.1 Å². The fraction of sp³-hybridized carbons (Fsp3) is 0.739. The number of nitrogens with one attached hydrogen (secondary N) is 3. The van der Waals surface area contributed by atoms with Crippen LogP contribution >= 0.6 is 0 Å². The molecule has 12 N–H and O–H groups in total. The first-order chi connectivity index (χ1) is 18.8. The lowest BCUT2D eigenvalue weighted by atomic mass is 9.95. The van der Waals surface area contributed by atoms with E-state index in [9.17, 15) is 50.1 Å². The van der Waals surface area contributed by atoms with Crippen LogP contribution in [0.15, 0.2) is 11.6 Å². The summed E-state index contributed by atoms with van der Waals surface area (Å²) in [7, 11) is 0. The Kier molecular flexibility index (Phi) is 12.4. The number of guanidine groups is 1. The predicted molar refractivity (Wildman–Crippen MR) is 136 cm³/mol. The van der Waals surface area contributed by atoms with Gasteiger partial charge in [0.2, 0.25) is 11.8 Å². The van der Waals surface area contributed by atoms with E-state index in [0.29, 0.717) is 0 Å². The van der Waals surface area contributed by atoms with E-state index in [0.717, 1.165) is 10.5 Å². The molecule has 0 saturated carbocycles. The smallest absolute Gasteiger partial charge is 0.246 e. The Morgan fingerprint density at radius 2 is 1.75 bits per heavy atom. The minimum Gasteiger partial charge on any atom is -0.394 e. The van der Waals surface area contributed by atoms with Gasteiger partial charge in [-0.25, -0.2) is 0 Å². The lowest BCUT2D eigenvalue weighted by Crippen LogP contribution is -2.68. The molecule has 10 atom stereocenters. The Bertz CT molecular complexity index is 933. The third-order valence-corrected chi connectivity index (χ3v) is 6.71. The van der Waals surface area contributed by atoms with Crippen LogP contribution in [0, 0.1) is 5.41 Å². The molecular formula is C23H40N6O11. The maximum absolute atomic E-state index is 13.1. The monoisotopic (exact) mass is 576 g/mol. The first kappa shape index (κ1) is 33.5. The molecule has 2 aliphatic heterocycles. The molecule has 2 saturated heterocycles. The van der Waals surface area contributed by atoms with Gasteiger partial charge in [-0.3, -0.25) is 15.0 Å². The topological polar surface area (TPSA) is 282 Å². The van der Waals surface area contributed by atoms with Gasteiger partial charge in [0.15, 0.2) is 12.2 Å². The molecule has 0 spiro atoms. The number of carbonyl (C=O) groups is 3. The zero-order chi connectivity index (χ0) is 30.3. The largest absolute Gasteiger partial charge is 0.394 e. The number of rotatable bonds is 13. The number of amides is 2. The van der Waals surface area contributed by atoms with Crippen LogP contribution in [0.4, 0.5) is 0 Å².